The van der Waals surface area contributed by atoms with Gasteiger partial charge in [0.2, 0.25) is 0 Å². The second kappa shape index (κ2) is 5.96. The number of nitrogens with zero attached hydrogens (tertiary/aromatic N) is 1. The third-order valence-corrected chi connectivity index (χ3v) is 3.48. The molecule has 0 bridgehead atoms. The lowest BCUT2D eigenvalue weighted by molar-refractivity contribution is -0.384. The predicted molar refractivity (Wildman–Crippen MR) is 71.4 cm³/mol. The molecule has 1 N–H and O–H groups in total. The van der Waals surface area contributed by atoms with Crippen molar-refractivity contribution in [2.75, 3.05) is 0 Å². The Kier molecular flexibility index (Phi) is 4.31. The van der Waals surface area contributed by atoms with Gasteiger partial charge in [0.05, 0.1) is 4.92 Å². The van der Waals surface area contributed by atoms with Crippen LogP contribution in [0.25, 0.3) is 0 Å². The quantitative estimate of drug-likeness (QED) is 0.595. The fourth-order valence-electron chi connectivity index (χ4n) is 2.34. The molecule has 0 aliphatic heterocycles. The van der Waals surface area contributed by atoms with Crippen LogP contribution in [-0.2, 0) is 6.54 Å². The fourth-order valence-corrected chi connectivity index (χ4v) is 2.34. The molecule has 98 valence electrons. The van der Waals surface area contributed by atoms with Crippen molar-refractivity contribution < 1.29 is 4.92 Å². The summed E-state index contributed by atoms with van der Waals surface area (Å²) in [7, 11) is 0. The number of nitro benzene ring substituents is 1. The second-order valence-corrected chi connectivity index (χ2v) is 5.04. The monoisotopic (exact) mass is 248 g/mol. The Bertz CT molecular complexity index is 416. The molecule has 0 saturated heterocycles. The minimum absolute atomic E-state index is 0.174. The average Bonchev–Trinajstić information content (AvgIpc) is 3.19. The van der Waals surface area contributed by atoms with E-state index in [1.54, 1.807) is 12.1 Å². The Labute approximate surface area is 108 Å². The highest BCUT2D eigenvalue weighted by Crippen LogP contribution is 2.34. The van der Waals surface area contributed by atoms with Crippen LogP contribution in [0.2, 0.25) is 0 Å². The molecule has 4 heteroatoms. The minimum atomic E-state index is -0.339. The number of non-ortho nitro benzene ring substituents is 1. The number of nitrogens with one attached hydrogen (secondary N) is 1. The summed E-state index contributed by atoms with van der Waals surface area (Å²) in [6, 6.07) is 7.46. The highest BCUT2D eigenvalue weighted by atomic mass is 16.6. The molecule has 0 aromatic heterocycles. The third kappa shape index (κ3) is 3.53. The summed E-state index contributed by atoms with van der Waals surface area (Å²) in [5.41, 5.74) is 1.17. The molecular formula is C14H20N2O2. The van der Waals surface area contributed by atoms with Crippen LogP contribution < -0.4 is 5.32 Å². The topological polar surface area (TPSA) is 55.2 Å². The van der Waals surface area contributed by atoms with E-state index in [2.05, 4.69) is 12.2 Å². The van der Waals surface area contributed by atoms with E-state index in [0.717, 1.165) is 18.0 Å². The number of hydrogen-bond acceptors (Lipinski definition) is 3. The van der Waals surface area contributed by atoms with E-state index in [4.69, 9.17) is 0 Å². The van der Waals surface area contributed by atoms with Gasteiger partial charge in [0.25, 0.3) is 5.69 Å². The number of hydrogen-bond donors (Lipinski definition) is 1. The zero-order valence-corrected chi connectivity index (χ0v) is 10.8. The zero-order valence-electron chi connectivity index (χ0n) is 10.8. The van der Waals surface area contributed by atoms with Gasteiger partial charge in [0, 0.05) is 24.7 Å². The van der Waals surface area contributed by atoms with Gasteiger partial charge >= 0.3 is 0 Å². The van der Waals surface area contributed by atoms with Crippen LogP contribution in [-0.4, -0.2) is 11.0 Å². The molecule has 1 fully saturated rings. The molecule has 0 radical (unpaired) electrons. The van der Waals surface area contributed by atoms with E-state index in [9.17, 15) is 10.1 Å². The van der Waals surface area contributed by atoms with Gasteiger partial charge in [-0.25, -0.2) is 0 Å². The van der Waals surface area contributed by atoms with Gasteiger partial charge in [-0.2, -0.15) is 0 Å². The van der Waals surface area contributed by atoms with E-state index < -0.39 is 0 Å². The van der Waals surface area contributed by atoms with Gasteiger partial charge < -0.3 is 5.32 Å². The van der Waals surface area contributed by atoms with Crippen molar-refractivity contribution in [1.29, 1.82) is 0 Å². The summed E-state index contributed by atoms with van der Waals surface area (Å²) in [4.78, 5) is 10.4. The molecular weight excluding hydrogens is 228 g/mol. The van der Waals surface area contributed by atoms with E-state index in [1.165, 1.54) is 31.7 Å². The van der Waals surface area contributed by atoms with Gasteiger partial charge in [-0.15, -0.1) is 0 Å². The maximum Gasteiger partial charge on any atom is 0.269 e. The highest BCUT2D eigenvalue weighted by molar-refractivity contribution is 5.34. The molecule has 2 rings (SSSR count). The molecule has 1 aliphatic carbocycles. The molecule has 0 heterocycles. The maximum atomic E-state index is 10.7. The number of rotatable bonds is 7. The molecule has 1 unspecified atom stereocenters. The summed E-state index contributed by atoms with van der Waals surface area (Å²) in [6.45, 7) is 2.92. The zero-order chi connectivity index (χ0) is 13.0. The summed E-state index contributed by atoms with van der Waals surface area (Å²) in [5, 5.41) is 14.2. The van der Waals surface area contributed by atoms with Crippen molar-refractivity contribution in [3.05, 3.63) is 39.9 Å². The standard InChI is InChI=1S/C14H20N2O2/c1-2-4-14(12-7-8-12)15-10-11-5-3-6-13(9-11)16(17)18/h3,5-6,9,12,14-15H,2,4,7-8,10H2,1H3. The lowest BCUT2D eigenvalue weighted by atomic mass is 10.1. The minimum Gasteiger partial charge on any atom is -0.310 e. The Morgan fingerprint density at radius 3 is 2.89 bits per heavy atom. The van der Waals surface area contributed by atoms with Crippen molar-refractivity contribution >= 4 is 5.69 Å². The van der Waals surface area contributed by atoms with Gasteiger partial charge in [0.15, 0.2) is 0 Å². The lowest BCUT2D eigenvalue weighted by Crippen LogP contribution is -2.30. The van der Waals surface area contributed by atoms with E-state index >= 15 is 0 Å². The Balaban J connectivity index is 1.92. The third-order valence-electron chi connectivity index (χ3n) is 3.48. The number of nitro groups is 1. The van der Waals surface area contributed by atoms with Crippen LogP contribution in [0.3, 0.4) is 0 Å². The van der Waals surface area contributed by atoms with E-state index in [-0.39, 0.29) is 10.6 Å². The van der Waals surface area contributed by atoms with Gasteiger partial charge in [-0.1, -0.05) is 25.5 Å². The van der Waals surface area contributed by atoms with Crippen LogP contribution in [0.5, 0.6) is 0 Å². The highest BCUT2D eigenvalue weighted by Gasteiger charge is 2.29. The molecule has 1 atom stereocenters. The van der Waals surface area contributed by atoms with Crippen LogP contribution >= 0.6 is 0 Å². The van der Waals surface area contributed by atoms with E-state index in [1.807, 2.05) is 6.07 Å². The predicted octanol–water partition coefficient (Wildman–Crippen LogP) is 3.26. The summed E-state index contributed by atoms with van der Waals surface area (Å²) < 4.78 is 0. The van der Waals surface area contributed by atoms with Crippen LogP contribution in [0, 0.1) is 16.0 Å². The molecule has 18 heavy (non-hydrogen) atoms. The Morgan fingerprint density at radius 1 is 1.50 bits per heavy atom. The van der Waals surface area contributed by atoms with Crippen LogP contribution in [0.15, 0.2) is 24.3 Å². The lowest BCUT2D eigenvalue weighted by Gasteiger charge is -2.17. The smallest absolute Gasteiger partial charge is 0.269 e. The first-order valence-corrected chi connectivity index (χ1v) is 6.67. The van der Waals surface area contributed by atoms with E-state index in [0.29, 0.717) is 6.04 Å². The van der Waals surface area contributed by atoms with Crippen molar-refractivity contribution in [3.63, 3.8) is 0 Å². The normalized spacial score (nSPS) is 16.5. The molecule has 1 saturated carbocycles. The summed E-state index contributed by atoms with van der Waals surface area (Å²) in [5.74, 6) is 0.823. The van der Waals surface area contributed by atoms with Gasteiger partial charge in [-0.05, 0) is 30.7 Å². The van der Waals surface area contributed by atoms with Crippen LogP contribution in [0.1, 0.15) is 38.2 Å². The first-order chi connectivity index (χ1) is 8.70. The average molecular weight is 248 g/mol. The SMILES string of the molecule is CCCC(NCc1cccc([N+](=O)[O-])c1)C1CC1. The number of benzene rings is 1. The van der Waals surface area contributed by atoms with Crippen molar-refractivity contribution in [1.82, 2.24) is 5.32 Å². The van der Waals surface area contributed by atoms with Crippen molar-refractivity contribution in [3.8, 4) is 0 Å². The van der Waals surface area contributed by atoms with Crippen LogP contribution in [0.4, 0.5) is 5.69 Å². The molecule has 0 spiro atoms. The largest absolute Gasteiger partial charge is 0.310 e. The molecule has 0 amide bonds. The molecule has 1 aromatic rings. The second-order valence-electron chi connectivity index (χ2n) is 5.04. The maximum absolute atomic E-state index is 10.7. The summed E-state index contributed by atoms with van der Waals surface area (Å²) in [6.07, 6.45) is 5.03. The fraction of sp³-hybridized carbons (Fsp3) is 0.571. The van der Waals surface area contributed by atoms with Crippen molar-refractivity contribution in [2.24, 2.45) is 5.92 Å². The molecule has 1 aromatic carbocycles. The molecule has 1 aliphatic rings. The van der Waals surface area contributed by atoms with Gasteiger partial charge in [-0.3, -0.25) is 10.1 Å². The summed E-state index contributed by atoms with van der Waals surface area (Å²) >= 11 is 0. The van der Waals surface area contributed by atoms with Gasteiger partial charge in [0.1, 0.15) is 0 Å². The Morgan fingerprint density at radius 2 is 2.28 bits per heavy atom. The van der Waals surface area contributed by atoms with Crippen molar-refractivity contribution in [2.45, 2.75) is 45.2 Å². The first kappa shape index (κ1) is 13.0. The first-order valence-electron chi connectivity index (χ1n) is 6.67. The molecule has 4 nitrogen and oxygen atoms in total. The Hall–Kier alpha value is -1.42.